The average molecular weight is 252 g/mol. The van der Waals surface area contributed by atoms with Crippen molar-refractivity contribution in [1.29, 1.82) is 0 Å². The van der Waals surface area contributed by atoms with Crippen molar-refractivity contribution < 1.29 is 14.0 Å². The quantitative estimate of drug-likeness (QED) is 0.731. The van der Waals surface area contributed by atoms with Gasteiger partial charge in [0, 0.05) is 5.56 Å². The van der Waals surface area contributed by atoms with Gasteiger partial charge in [0.2, 0.25) is 11.6 Å². The number of rotatable bonds is 1. The predicted molar refractivity (Wildman–Crippen MR) is 69.3 cm³/mol. The lowest BCUT2D eigenvalue weighted by Gasteiger charge is -2.16. The highest BCUT2D eigenvalue weighted by Gasteiger charge is 2.25. The normalized spacial score (nSPS) is 14.1. The zero-order valence-electron chi connectivity index (χ0n) is 9.89. The highest BCUT2D eigenvalue weighted by Crippen LogP contribution is 2.30. The van der Waals surface area contributed by atoms with Gasteiger partial charge in [0.15, 0.2) is 0 Å². The minimum atomic E-state index is -0.543. The Morgan fingerprint density at radius 3 is 2.11 bits per heavy atom. The zero-order chi connectivity index (χ0) is 13.4. The summed E-state index contributed by atoms with van der Waals surface area (Å²) in [7, 11) is 0. The minimum Gasteiger partial charge on any atom is -0.286 e. The van der Waals surface area contributed by atoms with E-state index in [1.807, 2.05) is 0 Å². The Kier molecular flexibility index (Phi) is 2.60. The van der Waals surface area contributed by atoms with Gasteiger partial charge in [-0.25, -0.2) is 4.39 Å². The van der Waals surface area contributed by atoms with Gasteiger partial charge in [-0.1, -0.05) is 36.4 Å². The van der Waals surface area contributed by atoms with Gasteiger partial charge in [-0.3, -0.25) is 9.59 Å². The highest BCUT2D eigenvalue weighted by molar-refractivity contribution is 6.51. The predicted octanol–water partition coefficient (Wildman–Crippen LogP) is 3.02. The summed E-state index contributed by atoms with van der Waals surface area (Å²) in [5, 5.41) is 0. The molecule has 0 N–H and O–H groups in total. The van der Waals surface area contributed by atoms with E-state index in [1.165, 1.54) is 18.2 Å². The van der Waals surface area contributed by atoms with Gasteiger partial charge in [-0.15, -0.1) is 0 Å². The van der Waals surface area contributed by atoms with Crippen LogP contribution in [0, 0.1) is 5.82 Å². The number of allylic oxidation sites excluding steroid dienone is 1. The number of hydrogen-bond donors (Lipinski definition) is 0. The molecule has 0 heterocycles. The molecule has 0 spiro atoms. The Hall–Kier alpha value is -2.55. The summed E-state index contributed by atoms with van der Waals surface area (Å²) in [5.41, 5.74) is 2.47. The van der Waals surface area contributed by atoms with E-state index in [4.69, 9.17) is 0 Å². The van der Waals surface area contributed by atoms with Crippen LogP contribution in [0.1, 0.15) is 21.5 Å². The molecule has 2 aromatic rings. The highest BCUT2D eigenvalue weighted by atomic mass is 19.1. The molecular formula is C16H9FO2. The first-order valence-corrected chi connectivity index (χ1v) is 5.82. The molecule has 0 bridgehead atoms. The van der Waals surface area contributed by atoms with Gasteiger partial charge in [0.05, 0.1) is 0 Å². The average Bonchev–Trinajstić information content (AvgIpc) is 2.44. The molecule has 1 aliphatic rings. The second-order valence-electron chi connectivity index (χ2n) is 4.30. The molecule has 0 amide bonds. The van der Waals surface area contributed by atoms with Gasteiger partial charge < -0.3 is 0 Å². The number of halogens is 1. The number of fused-ring (bicyclic) bond motifs is 1. The molecule has 92 valence electrons. The van der Waals surface area contributed by atoms with E-state index in [0.29, 0.717) is 16.7 Å². The largest absolute Gasteiger partial charge is 0.286 e. The van der Waals surface area contributed by atoms with Crippen molar-refractivity contribution in [1.82, 2.24) is 0 Å². The summed E-state index contributed by atoms with van der Waals surface area (Å²) in [6.45, 7) is 0. The van der Waals surface area contributed by atoms with Gasteiger partial charge >= 0.3 is 0 Å². The summed E-state index contributed by atoms with van der Waals surface area (Å²) in [5.74, 6) is -1.38. The molecule has 0 saturated carbocycles. The maximum atomic E-state index is 12.9. The van der Waals surface area contributed by atoms with E-state index in [0.717, 1.165) is 5.56 Å². The molecule has 0 aliphatic heterocycles. The molecule has 0 atom stereocenters. The van der Waals surface area contributed by atoms with Gasteiger partial charge in [0.25, 0.3) is 0 Å². The van der Waals surface area contributed by atoms with E-state index in [2.05, 4.69) is 0 Å². The number of benzene rings is 2. The van der Waals surface area contributed by atoms with Crippen molar-refractivity contribution in [3.05, 3.63) is 77.1 Å². The van der Waals surface area contributed by atoms with E-state index < -0.39 is 11.6 Å². The van der Waals surface area contributed by atoms with E-state index in [-0.39, 0.29) is 5.82 Å². The first-order valence-electron chi connectivity index (χ1n) is 5.82. The van der Waals surface area contributed by atoms with Gasteiger partial charge in [-0.2, -0.15) is 0 Å². The number of carbonyl (C=O) groups excluding carboxylic acids is 2. The third-order valence-corrected chi connectivity index (χ3v) is 3.12. The number of hydrogen-bond acceptors (Lipinski definition) is 2. The number of ketones is 2. The van der Waals surface area contributed by atoms with Crippen molar-refractivity contribution >= 4 is 17.1 Å². The Balaban J connectivity index is 2.21. The van der Waals surface area contributed by atoms with E-state index >= 15 is 0 Å². The molecule has 3 rings (SSSR count). The minimum absolute atomic E-state index is 0.337. The molecular weight excluding hydrogens is 243 g/mol. The van der Waals surface area contributed by atoms with Crippen LogP contribution in [0.5, 0.6) is 0 Å². The Morgan fingerprint density at radius 2 is 1.42 bits per heavy atom. The van der Waals surface area contributed by atoms with Crippen LogP contribution in [0.4, 0.5) is 4.39 Å². The van der Waals surface area contributed by atoms with Crippen LogP contribution in [0.3, 0.4) is 0 Å². The molecule has 2 aromatic carbocycles. The summed E-state index contributed by atoms with van der Waals surface area (Å²) < 4.78 is 12.9. The fraction of sp³-hybridized carbons (Fsp3) is 0. The molecule has 0 fully saturated rings. The van der Waals surface area contributed by atoms with Crippen LogP contribution in [0.25, 0.3) is 5.57 Å². The summed E-state index contributed by atoms with van der Waals surface area (Å²) in [4.78, 5) is 23.5. The second kappa shape index (κ2) is 4.28. The summed E-state index contributed by atoms with van der Waals surface area (Å²) >= 11 is 0. The first-order chi connectivity index (χ1) is 9.16. The van der Waals surface area contributed by atoms with Crippen molar-refractivity contribution in [3.8, 4) is 0 Å². The third kappa shape index (κ3) is 1.89. The first kappa shape index (κ1) is 11.5. The lowest BCUT2D eigenvalue weighted by Crippen LogP contribution is -2.18. The van der Waals surface area contributed by atoms with Gasteiger partial charge in [-0.05, 0) is 34.9 Å². The van der Waals surface area contributed by atoms with Crippen LogP contribution >= 0.6 is 0 Å². The Labute approximate surface area is 109 Å². The third-order valence-electron chi connectivity index (χ3n) is 3.12. The molecule has 0 aromatic heterocycles. The molecule has 0 unspecified atom stereocenters. The monoisotopic (exact) mass is 252 g/mol. The summed E-state index contributed by atoms with van der Waals surface area (Å²) in [6, 6.07) is 12.8. The van der Waals surface area contributed by atoms with E-state index in [9.17, 15) is 14.0 Å². The topological polar surface area (TPSA) is 34.1 Å². The SMILES string of the molecule is O=C1C=C(c2ccc(F)cc2)c2ccccc2C1=O. The fourth-order valence-corrected chi connectivity index (χ4v) is 2.19. The molecule has 3 heteroatoms. The smallest absolute Gasteiger partial charge is 0.233 e. The standard InChI is InChI=1S/C16H9FO2/c17-11-7-5-10(6-8-11)14-9-15(18)16(19)13-4-2-1-3-12(13)14/h1-9H. The van der Waals surface area contributed by atoms with Crippen LogP contribution < -0.4 is 0 Å². The van der Waals surface area contributed by atoms with Crippen molar-refractivity contribution in [2.24, 2.45) is 0 Å². The molecule has 0 saturated heterocycles. The molecule has 0 radical (unpaired) electrons. The molecule has 19 heavy (non-hydrogen) atoms. The number of Topliss-reactive ketones (excluding diaryl/α,β-unsaturated/α-hetero) is 1. The lowest BCUT2D eigenvalue weighted by atomic mass is 9.86. The number of carbonyl (C=O) groups is 2. The fourth-order valence-electron chi connectivity index (χ4n) is 2.19. The van der Waals surface area contributed by atoms with Crippen molar-refractivity contribution in [2.45, 2.75) is 0 Å². The van der Waals surface area contributed by atoms with Crippen LogP contribution in [-0.4, -0.2) is 11.6 Å². The van der Waals surface area contributed by atoms with Crippen molar-refractivity contribution in [2.75, 3.05) is 0 Å². The zero-order valence-corrected chi connectivity index (χ0v) is 9.89. The van der Waals surface area contributed by atoms with E-state index in [1.54, 1.807) is 36.4 Å². The maximum Gasteiger partial charge on any atom is 0.233 e. The summed E-state index contributed by atoms with van der Waals surface area (Å²) in [6.07, 6.45) is 1.32. The second-order valence-corrected chi connectivity index (χ2v) is 4.30. The Morgan fingerprint density at radius 1 is 0.789 bits per heavy atom. The van der Waals surface area contributed by atoms with Crippen LogP contribution in [0.15, 0.2) is 54.6 Å². The van der Waals surface area contributed by atoms with Gasteiger partial charge in [0.1, 0.15) is 5.82 Å². The maximum absolute atomic E-state index is 12.9. The Bertz CT molecular complexity index is 712. The van der Waals surface area contributed by atoms with Crippen molar-refractivity contribution in [3.63, 3.8) is 0 Å². The lowest BCUT2D eigenvalue weighted by molar-refractivity contribution is -0.111. The molecule has 1 aliphatic carbocycles. The molecule has 2 nitrogen and oxygen atoms in total. The van der Waals surface area contributed by atoms with Crippen LogP contribution in [-0.2, 0) is 4.79 Å². The van der Waals surface area contributed by atoms with Crippen LogP contribution in [0.2, 0.25) is 0 Å².